The molecule has 0 rings (SSSR count). The van der Waals surface area contributed by atoms with Crippen LogP contribution in [0.15, 0.2) is 12.7 Å². The topological polar surface area (TPSA) is 132 Å². The molecule has 4 N–H and O–H groups in total. The normalized spacial score (nSPS) is 17.4. The van der Waals surface area contributed by atoms with E-state index in [1.54, 1.807) is 0 Å². The molecule has 0 fully saturated rings. The van der Waals surface area contributed by atoms with Crippen LogP contribution in [0.1, 0.15) is 51.4 Å². The second kappa shape index (κ2) is 11.0. The first kappa shape index (κ1) is 23.3. The van der Waals surface area contributed by atoms with Crippen molar-refractivity contribution in [3.63, 3.8) is 0 Å². The minimum atomic E-state index is -4.68. The van der Waals surface area contributed by atoms with Gasteiger partial charge in [-0.15, -0.1) is 6.58 Å². The van der Waals surface area contributed by atoms with E-state index in [-0.39, 0.29) is 6.16 Å². The quantitative estimate of drug-likeness (QED) is 0.201. The zero-order valence-electron chi connectivity index (χ0n) is 13.4. The minimum absolute atomic E-state index is 0.0881. The molecule has 0 amide bonds. The van der Waals surface area contributed by atoms with Crippen LogP contribution >= 0.6 is 22.3 Å². The second-order valence-corrected chi connectivity index (χ2v) is 13.3. The lowest BCUT2D eigenvalue weighted by Gasteiger charge is -2.17. The van der Waals surface area contributed by atoms with Gasteiger partial charge in [0.2, 0.25) is 14.7 Å². The minimum Gasteiger partial charge on any atom is -0.344 e. The maximum absolute atomic E-state index is 11.9. The Hall–Kier alpha value is 0.270. The zero-order chi connectivity index (χ0) is 18.0. The van der Waals surface area contributed by atoms with E-state index in [4.69, 9.17) is 9.79 Å². The Kier molecular flexibility index (Phi) is 11.1. The highest BCUT2D eigenvalue weighted by Gasteiger charge is 2.36. The van der Waals surface area contributed by atoms with Crippen molar-refractivity contribution in [3.05, 3.63) is 12.7 Å². The molecule has 0 saturated carbocycles. The fraction of sp³-hybridized carbons (Fsp3) is 0.846. The largest absolute Gasteiger partial charge is 0.344 e. The van der Waals surface area contributed by atoms with Crippen molar-refractivity contribution in [3.8, 4) is 0 Å². The molecule has 0 aromatic rings. The van der Waals surface area contributed by atoms with Crippen LogP contribution in [-0.2, 0) is 13.7 Å². The molecule has 2 unspecified atom stereocenters. The fourth-order valence-electron chi connectivity index (χ4n) is 2.28. The highest BCUT2D eigenvalue weighted by molar-refractivity contribution is 7.80. The molecule has 138 valence electrons. The Bertz CT molecular complexity index is 486. The number of hydrogen-bond donors (Lipinski definition) is 4. The Morgan fingerprint density at radius 2 is 1.17 bits per heavy atom. The summed E-state index contributed by atoms with van der Waals surface area (Å²) in [4.78, 5) is 36.6. The number of rotatable bonds is 14. The summed E-state index contributed by atoms with van der Waals surface area (Å²) in [5, 5.41) is 0. The van der Waals surface area contributed by atoms with E-state index in [0.717, 1.165) is 44.9 Å². The molecule has 0 aromatic carbocycles. The van der Waals surface area contributed by atoms with Crippen molar-refractivity contribution in [1.29, 1.82) is 0 Å². The van der Waals surface area contributed by atoms with Crippen LogP contribution in [0.25, 0.3) is 0 Å². The first-order valence-corrected chi connectivity index (χ1v) is 13.6. The molecular formula is C13H29O7P3. The molecular weight excluding hydrogens is 361 g/mol. The first-order valence-electron chi connectivity index (χ1n) is 7.75. The third-order valence-electron chi connectivity index (χ3n) is 3.26. The Morgan fingerprint density at radius 3 is 1.65 bits per heavy atom. The van der Waals surface area contributed by atoms with Gasteiger partial charge in [-0.2, -0.15) is 0 Å². The van der Waals surface area contributed by atoms with Gasteiger partial charge < -0.3 is 19.6 Å². The van der Waals surface area contributed by atoms with Crippen molar-refractivity contribution < 1.29 is 33.3 Å². The first-order chi connectivity index (χ1) is 10.5. The molecule has 0 bridgehead atoms. The molecule has 0 radical (unpaired) electrons. The lowest BCUT2D eigenvalue weighted by Crippen LogP contribution is -2.00. The second-order valence-electron chi connectivity index (χ2n) is 5.92. The summed E-state index contributed by atoms with van der Waals surface area (Å²) >= 11 is 0. The van der Waals surface area contributed by atoms with E-state index in [1.165, 1.54) is 0 Å². The molecule has 0 saturated heterocycles. The van der Waals surface area contributed by atoms with Crippen LogP contribution in [0.4, 0.5) is 0 Å². The molecule has 0 heterocycles. The summed E-state index contributed by atoms with van der Waals surface area (Å²) in [5.41, 5.74) is 0. The van der Waals surface area contributed by atoms with Crippen molar-refractivity contribution in [2.45, 2.75) is 51.4 Å². The molecule has 0 aliphatic rings. The lowest BCUT2D eigenvalue weighted by molar-refractivity contribution is 0.376. The predicted molar refractivity (Wildman–Crippen MR) is 93.4 cm³/mol. The van der Waals surface area contributed by atoms with Gasteiger partial charge in [0.1, 0.15) is 11.8 Å². The van der Waals surface area contributed by atoms with Gasteiger partial charge in [0.25, 0.3) is 0 Å². The van der Waals surface area contributed by atoms with Gasteiger partial charge in [-0.3, -0.25) is 13.7 Å². The van der Waals surface area contributed by atoms with E-state index < -0.39 is 34.1 Å². The fourth-order valence-corrected chi connectivity index (χ4v) is 9.79. The standard InChI is InChI=1S/C13H29O7P3/c1-2-3-4-5-6-7-8-9-10-11-21(14,15)12-22(16,17)13-23(18,19)20/h2H,1,3-13H2,(H,14,15)(H,16,17)(H2,18,19,20). The van der Waals surface area contributed by atoms with Gasteiger partial charge in [-0.1, -0.05) is 38.2 Å². The molecule has 10 heteroatoms. The van der Waals surface area contributed by atoms with Crippen molar-refractivity contribution in [2.75, 3.05) is 18.0 Å². The molecule has 0 spiro atoms. The number of hydrogen-bond acceptors (Lipinski definition) is 3. The van der Waals surface area contributed by atoms with Crippen molar-refractivity contribution in [1.82, 2.24) is 0 Å². The number of unbranched alkanes of at least 4 members (excludes halogenated alkanes) is 7. The SMILES string of the molecule is C=CCCCCCCCCCP(=O)(O)CP(=O)(O)CP(=O)(O)O. The highest BCUT2D eigenvalue weighted by atomic mass is 31.3. The van der Waals surface area contributed by atoms with E-state index in [2.05, 4.69) is 6.58 Å². The highest BCUT2D eigenvalue weighted by Crippen LogP contribution is 2.63. The zero-order valence-corrected chi connectivity index (χ0v) is 16.1. The van der Waals surface area contributed by atoms with E-state index in [0.29, 0.717) is 6.42 Å². The maximum atomic E-state index is 11.9. The maximum Gasteiger partial charge on any atom is 0.335 e. The van der Waals surface area contributed by atoms with Crippen LogP contribution in [0.5, 0.6) is 0 Å². The summed E-state index contributed by atoms with van der Waals surface area (Å²) in [7, 11) is -12.8. The van der Waals surface area contributed by atoms with E-state index in [9.17, 15) is 23.5 Å². The van der Waals surface area contributed by atoms with Gasteiger partial charge in [-0.05, 0) is 19.3 Å². The van der Waals surface area contributed by atoms with Crippen molar-refractivity contribution >= 4 is 22.3 Å². The van der Waals surface area contributed by atoms with Crippen LogP contribution in [-0.4, -0.2) is 37.5 Å². The summed E-state index contributed by atoms with van der Waals surface area (Å²) in [5.74, 6) is -2.16. The average Bonchev–Trinajstić information content (AvgIpc) is 2.32. The van der Waals surface area contributed by atoms with E-state index in [1.807, 2.05) is 6.08 Å². The van der Waals surface area contributed by atoms with Crippen molar-refractivity contribution in [2.24, 2.45) is 0 Å². The summed E-state index contributed by atoms with van der Waals surface area (Å²) < 4.78 is 34.3. The summed E-state index contributed by atoms with van der Waals surface area (Å²) in [6.07, 6.45) is 9.41. The molecule has 23 heavy (non-hydrogen) atoms. The average molecular weight is 390 g/mol. The Morgan fingerprint density at radius 1 is 0.696 bits per heavy atom. The Labute approximate surface area is 138 Å². The van der Waals surface area contributed by atoms with Crippen LogP contribution in [0.3, 0.4) is 0 Å². The van der Waals surface area contributed by atoms with Gasteiger partial charge in [0.15, 0.2) is 0 Å². The molecule has 0 aliphatic carbocycles. The predicted octanol–water partition coefficient (Wildman–Crippen LogP) is 3.93. The lowest BCUT2D eigenvalue weighted by atomic mass is 10.1. The van der Waals surface area contributed by atoms with Crippen LogP contribution in [0, 0.1) is 0 Å². The van der Waals surface area contributed by atoms with Crippen LogP contribution in [0.2, 0.25) is 0 Å². The van der Waals surface area contributed by atoms with Gasteiger partial charge in [0.05, 0.1) is 0 Å². The molecule has 0 aliphatic heterocycles. The number of allylic oxidation sites excluding steroid dienone is 1. The third kappa shape index (κ3) is 15.5. The van der Waals surface area contributed by atoms with E-state index >= 15 is 0 Å². The molecule has 7 nitrogen and oxygen atoms in total. The van der Waals surface area contributed by atoms with Gasteiger partial charge >= 0.3 is 7.60 Å². The van der Waals surface area contributed by atoms with Crippen LogP contribution < -0.4 is 0 Å². The Balaban J connectivity index is 3.92. The molecule has 2 atom stereocenters. The summed E-state index contributed by atoms with van der Waals surface area (Å²) in [6, 6.07) is 0. The van der Waals surface area contributed by atoms with Gasteiger partial charge in [0, 0.05) is 6.16 Å². The van der Waals surface area contributed by atoms with Gasteiger partial charge in [-0.25, -0.2) is 0 Å². The third-order valence-corrected chi connectivity index (χ3v) is 11.1. The molecule has 0 aromatic heterocycles. The monoisotopic (exact) mass is 390 g/mol. The summed E-state index contributed by atoms with van der Waals surface area (Å²) in [6.45, 7) is 3.66. The smallest absolute Gasteiger partial charge is 0.335 e.